The van der Waals surface area contributed by atoms with E-state index in [-0.39, 0.29) is 0 Å². The summed E-state index contributed by atoms with van der Waals surface area (Å²) in [6.07, 6.45) is 28.8. The van der Waals surface area contributed by atoms with Gasteiger partial charge in [0.05, 0.1) is 13.2 Å². The standard InChI is InChI=1S/C30H64NO3P/c1-4-7-10-13-16-19-24-29-33-35(32)34-30-25-20-23-28-31(26-21-17-14-11-8-5-2)27-22-18-15-12-9-6-3/h32H,4-30H2,1-3H3. The fourth-order valence-electron chi connectivity index (χ4n) is 4.56. The van der Waals surface area contributed by atoms with Crippen molar-refractivity contribution in [1.29, 1.82) is 0 Å². The third-order valence-corrected chi connectivity index (χ3v) is 7.73. The summed E-state index contributed by atoms with van der Waals surface area (Å²) < 4.78 is 11.0. The van der Waals surface area contributed by atoms with Crippen molar-refractivity contribution < 1.29 is 13.9 Å². The van der Waals surface area contributed by atoms with Gasteiger partial charge in [0.1, 0.15) is 0 Å². The third-order valence-electron chi connectivity index (χ3n) is 6.93. The first kappa shape index (κ1) is 35.3. The summed E-state index contributed by atoms with van der Waals surface area (Å²) in [6.45, 7) is 11.8. The lowest BCUT2D eigenvalue weighted by Gasteiger charge is -2.22. The van der Waals surface area contributed by atoms with Gasteiger partial charge in [-0.05, 0) is 58.2 Å². The van der Waals surface area contributed by atoms with E-state index in [1.54, 1.807) is 0 Å². The molecule has 0 amide bonds. The molecule has 0 aromatic heterocycles. The van der Waals surface area contributed by atoms with E-state index in [1.165, 1.54) is 148 Å². The van der Waals surface area contributed by atoms with Crippen LogP contribution in [0.4, 0.5) is 0 Å². The zero-order valence-electron chi connectivity index (χ0n) is 24.3. The molecule has 4 nitrogen and oxygen atoms in total. The van der Waals surface area contributed by atoms with Crippen molar-refractivity contribution in [2.24, 2.45) is 0 Å². The minimum absolute atomic E-state index is 0.619. The first-order valence-corrected chi connectivity index (χ1v) is 16.8. The van der Waals surface area contributed by atoms with Crippen LogP contribution in [0.25, 0.3) is 0 Å². The molecule has 0 heterocycles. The van der Waals surface area contributed by atoms with E-state index < -0.39 is 8.60 Å². The first-order valence-electron chi connectivity index (χ1n) is 15.7. The maximum atomic E-state index is 9.93. The Morgan fingerprint density at radius 2 is 0.714 bits per heavy atom. The van der Waals surface area contributed by atoms with Gasteiger partial charge in [0.15, 0.2) is 0 Å². The van der Waals surface area contributed by atoms with E-state index in [1.807, 2.05) is 0 Å². The number of nitrogens with zero attached hydrogens (tertiary/aromatic N) is 1. The van der Waals surface area contributed by atoms with Crippen LogP contribution in [-0.4, -0.2) is 42.6 Å². The monoisotopic (exact) mass is 517 g/mol. The van der Waals surface area contributed by atoms with Crippen LogP contribution in [0.1, 0.15) is 162 Å². The van der Waals surface area contributed by atoms with Crippen molar-refractivity contribution in [3.8, 4) is 0 Å². The van der Waals surface area contributed by atoms with Gasteiger partial charge in [0, 0.05) is 0 Å². The number of hydrogen-bond donors (Lipinski definition) is 1. The highest BCUT2D eigenvalue weighted by atomic mass is 31.2. The third kappa shape index (κ3) is 28.7. The average Bonchev–Trinajstić information content (AvgIpc) is 2.86. The van der Waals surface area contributed by atoms with Gasteiger partial charge < -0.3 is 18.8 Å². The van der Waals surface area contributed by atoms with Crippen LogP contribution in [0, 0.1) is 0 Å². The smallest absolute Gasteiger partial charge is 0.328 e. The molecule has 0 aromatic rings. The van der Waals surface area contributed by atoms with Crippen LogP contribution < -0.4 is 0 Å². The highest BCUT2D eigenvalue weighted by molar-refractivity contribution is 7.40. The molecule has 35 heavy (non-hydrogen) atoms. The molecule has 0 aliphatic rings. The van der Waals surface area contributed by atoms with Crippen LogP contribution in [0.2, 0.25) is 0 Å². The Balaban J connectivity index is 3.78. The molecule has 1 unspecified atom stereocenters. The topological polar surface area (TPSA) is 41.9 Å². The molecule has 5 heteroatoms. The van der Waals surface area contributed by atoms with E-state index in [0.29, 0.717) is 13.2 Å². The highest BCUT2D eigenvalue weighted by Crippen LogP contribution is 2.33. The van der Waals surface area contributed by atoms with Crippen molar-refractivity contribution in [3.05, 3.63) is 0 Å². The minimum atomic E-state index is -1.68. The molecule has 0 rings (SSSR count). The quantitative estimate of drug-likeness (QED) is 0.0760. The maximum absolute atomic E-state index is 9.93. The Bertz CT molecular complexity index is 371. The van der Waals surface area contributed by atoms with Crippen LogP contribution in [0.5, 0.6) is 0 Å². The summed E-state index contributed by atoms with van der Waals surface area (Å²) in [5, 5.41) is 0. The first-order chi connectivity index (χ1) is 17.2. The van der Waals surface area contributed by atoms with Gasteiger partial charge in [0.2, 0.25) is 0 Å². The van der Waals surface area contributed by atoms with E-state index in [9.17, 15) is 4.89 Å². The molecule has 0 spiro atoms. The van der Waals surface area contributed by atoms with Gasteiger partial charge in [-0.3, -0.25) is 0 Å². The lowest BCUT2D eigenvalue weighted by atomic mass is 10.1. The second-order valence-electron chi connectivity index (χ2n) is 10.5. The summed E-state index contributed by atoms with van der Waals surface area (Å²) in [7, 11) is -1.68. The molecule has 212 valence electrons. The normalized spacial score (nSPS) is 12.6. The molecule has 0 saturated heterocycles. The zero-order valence-corrected chi connectivity index (χ0v) is 25.1. The van der Waals surface area contributed by atoms with Gasteiger partial charge in [-0.25, -0.2) is 0 Å². The van der Waals surface area contributed by atoms with Crippen molar-refractivity contribution in [2.75, 3.05) is 32.8 Å². The molecule has 0 fully saturated rings. The van der Waals surface area contributed by atoms with E-state index in [2.05, 4.69) is 25.7 Å². The highest BCUT2D eigenvalue weighted by Gasteiger charge is 2.07. The van der Waals surface area contributed by atoms with Crippen molar-refractivity contribution >= 4 is 8.60 Å². The van der Waals surface area contributed by atoms with Crippen molar-refractivity contribution in [2.45, 2.75) is 162 Å². The fourth-order valence-corrected chi connectivity index (χ4v) is 5.21. The molecule has 1 atom stereocenters. The number of hydrogen-bond acceptors (Lipinski definition) is 4. The summed E-state index contributed by atoms with van der Waals surface area (Å²) in [4.78, 5) is 12.6. The Labute approximate surface area is 222 Å². The number of rotatable bonds is 30. The van der Waals surface area contributed by atoms with Crippen LogP contribution in [0.15, 0.2) is 0 Å². The second-order valence-corrected chi connectivity index (χ2v) is 11.5. The van der Waals surface area contributed by atoms with Gasteiger partial charge in [-0.1, -0.05) is 124 Å². The van der Waals surface area contributed by atoms with Gasteiger partial charge in [-0.15, -0.1) is 0 Å². The summed E-state index contributed by atoms with van der Waals surface area (Å²) in [6, 6.07) is 0. The Morgan fingerprint density at radius 1 is 0.429 bits per heavy atom. The van der Waals surface area contributed by atoms with Crippen molar-refractivity contribution in [1.82, 2.24) is 4.90 Å². The lowest BCUT2D eigenvalue weighted by molar-refractivity contribution is 0.192. The molecule has 0 aliphatic carbocycles. The summed E-state index contributed by atoms with van der Waals surface area (Å²) in [5.74, 6) is 0. The predicted molar refractivity (Wildman–Crippen MR) is 156 cm³/mol. The van der Waals surface area contributed by atoms with Crippen molar-refractivity contribution in [3.63, 3.8) is 0 Å². The maximum Gasteiger partial charge on any atom is 0.329 e. The van der Waals surface area contributed by atoms with Gasteiger partial charge >= 0.3 is 8.60 Å². The molecular formula is C30H64NO3P. The van der Waals surface area contributed by atoms with E-state index in [0.717, 1.165) is 12.8 Å². The fraction of sp³-hybridized carbons (Fsp3) is 1.00. The van der Waals surface area contributed by atoms with Gasteiger partial charge in [0.25, 0.3) is 0 Å². The summed E-state index contributed by atoms with van der Waals surface area (Å²) in [5.41, 5.74) is 0. The predicted octanol–water partition coefficient (Wildman–Crippen LogP) is 10.2. The molecule has 0 radical (unpaired) electrons. The van der Waals surface area contributed by atoms with Gasteiger partial charge in [-0.2, -0.15) is 0 Å². The van der Waals surface area contributed by atoms with Crippen LogP contribution in [0.3, 0.4) is 0 Å². The largest absolute Gasteiger partial charge is 0.329 e. The Hall–Kier alpha value is 0.270. The molecule has 0 bridgehead atoms. The molecular weight excluding hydrogens is 453 g/mol. The lowest BCUT2D eigenvalue weighted by Crippen LogP contribution is -2.27. The minimum Gasteiger partial charge on any atom is -0.328 e. The number of unbranched alkanes of at least 4 members (excludes halogenated alkanes) is 18. The Kier molecular flexibility index (Phi) is 30.7. The molecule has 0 aliphatic heterocycles. The average molecular weight is 518 g/mol. The Morgan fingerprint density at radius 3 is 1.09 bits per heavy atom. The molecule has 0 aromatic carbocycles. The SMILES string of the molecule is CCCCCCCCCOP(O)OCCCCCN(CCCCCCCC)CCCCCCCC. The second kappa shape index (κ2) is 30.5. The van der Waals surface area contributed by atoms with Crippen LogP contribution >= 0.6 is 8.60 Å². The van der Waals surface area contributed by atoms with E-state index >= 15 is 0 Å². The molecule has 1 N–H and O–H groups in total. The van der Waals surface area contributed by atoms with E-state index in [4.69, 9.17) is 9.05 Å². The molecule has 0 saturated carbocycles. The zero-order chi connectivity index (χ0) is 25.7. The van der Waals surface area contributed by atoms with Crippen LogP contribution in [-0.2, 0) is 9.05 Å². The summed E-state index contributed by atoms with van der Waals surface area (Å²) >= 11 is 0.